The number of nitrogens with zero attached hydrogens (tertiary/aromatic N) is 3. The Balaban J connectivity index is 2.17. The molecule has 19 heavy (non-hydrogen) atoms. The van der Waals surface area contributed by atoms with E-state index in [1.165, 1.54) is 0 Å². The molecule has 0 radical (unpaired) electrons. The average Bonchev–Trinajstić information content (AvgIpc) is 2.39. The molecule has 2 rings (SSSR count). The first kappa shape index (κ1) is 13.9. The van der Waals surface area contributed by atoms with Crippen molar-refractivity contribution >= 4 is 23.4 Å². The van der Waals surface area contributed by atoms with Gasteiger partial charge < -0.3 is 9.47 Å². The molecule has 0 aliphatic carbocycles. The molecule has 0 bridgehead atoms. The second-order valence-electron chi connectivity index (χ2n) is 3.38. The third kappa shape index (κ3) is 3.97. The van der Waals surface area contributed by atoms with Crippen LogP contribution in [0.1, 0.15) is 6.92 Å². The van der Waals surface area contributed by atoms with Crippen molar-refractivity contribution in [2.45, 2.75) is 11.8 Å². The van der Waals surface area contributed by atoms with Crippen molar-refractivity contribution in [2.24, 2.45) is 0 Å². The number of benzene rings is 1. The summed E-state index contributed by atoms with van der Waals surface area (Å²) in [5, 5.41) is 0.0363. The summed E-state index contributed by atoms with van der Waals surface area (Å²) < 4.78 is 10.7. The molecule has 0 N–H and O–H groups in total. The number of aromatic nitrogens is 3. The molecule has 1 aromatic heterocycles. The molecule has 7 heteroatoms. The van der Waals surface area contributed by atoms with Gasteiger partial charge in [0.25, 0.3) is 0 Å². The molecular weight excluding hydrogens is 286 g/mol. The Morgan fingerprint density at radius 2 is 1.79 bits per heavy atom. The quantitative estimate of drug-likeness (QED) is 0.788. The standard InChI is InChI=1S/C12H12ClN3O2S/c1-3-17-11-14-10(13)15-12(16-11)18-8-4-6-9(19-2)7-5-8/h4-7H,3H2,1-2H3. The van der Waals surface area contributed by atoms with Gasteiger partial charge in [-0.3, -0.25) is 0 Å². The summed E-state index contributed by atoms with van der Waals surface area (Å²) in [5.74, 6) is 0.627. The first-order valence-corrected chi connectivity index (χ1v) is 7.18. The highest BCUT2D eigenvalue weighted by atomic mass is 35.5. The van der Waals surface area contributed by atoms with Crippen molar-refractivity contribution in [1.29, 1.82) is 0 Å². The van der Waals surface area contributed by atoms with E-state index >= 15 is 0 Å². The van der Waals surface area contributed by atoms with Gasteiger partial charge in [-0.15, -0.1) is 16.7 Å². The fourth-order valence-corrected chi connectivity index (χ4v) is 1.86. The first-order valence-electron chi connectivity index (χ1n) is 5.57. The molecule has 100 valence electrons. The van der Waals surface area contributed by atoms with E-state index in [9.17, 15) is 0 Å². The highest BCUT2D eigenvalue weighted by Gasteiger charge is 2.07. The Labute approximate surface area is 120 Å². The number of hydrogen-bond donors (Lipinski definition) is 0. The van der Waals surface area contributed by atoms with Crippen molar-refractivity contribution in [3.8, 4) is 17.8 Å². The Kier molecular flexibility index (Phi) is 4.81. The van der Waals surface area contributed by atoms with Crippen molar-refractivity contribution < 1.29 is 9.47 Å². The van der Waals surface area contributed by atoms with E-state index in [2.05, 4.69) is 15.0 Å². The molecule has 2 aromatic rings. The van der Waals surface area contributed by atoms with Gasteiger partial charge in [0.05, 0.1) is 6.61 Å². The molecule has 0 unspecified atom stereocenters. The maximum atomic E-state index is 5.77. The maximum Gasteiger partial charge on any atom is 0.329 e. The zero-order valence-corrected chi connectivity index (χ0v) is 12.0. The summed E-state index contributed by atoms with van der Waals surface area (Å²) in [6, 6.07) is 7.84. The van der Waals surface area contributed by atoms with Gasteiger partial charge in [-0.05, 0) is 49.0 Å². The van der Waals surface area contributed by atoms with E-state index in [1.807, 2.05) is 37.4 Å². The van der Waals surface area contributed by atoms with Gasteiger partial charge in [0.15, 0.2) is 0 Å². The smallest absolute Gasteiger partial charge is 0.329 e. The Morgan fingerprint density at radius 3 is 2.42 bits per heavy atom. The minimum Gasteiger partial charge on any atom is -0.464 e. The van der Waals surface area contributed by atoms with Crippen LogP contribution in [0, 0.1) is 0 Å². The first-order chi connectivity index (χ1) is 9.21. The monoisotopic (exact) mass is 297 g/mol. The minimum absolute atomic E-state index is 0.0363. The number of thioether (sulfide) groups is 1. The van der Waals surface area contributed by atoms with Crippen LogP contribution in [0.2, 0.25) is 5.28 Å². The van der Waals surface area contributed by atoms with E-state index in [4.69, 9.17) is 21.1 Å². The fraction of sp³-hybridized carbons (Fsp3) is 0.250. The third-order valence-corrected chi connectivity index (χ3v) is 3.02. The highest BCUT2D eigenvalue weighted by Crippen LogP contribution is 2.23. The fourth-order valence-electron chi connectivity index (χ4n) is 1.30. The van der Waals surface area contributed by atoms with E-state index in [1.54, 1.807) is 11.8 Å². The van der Waals surface area contributed by atoms with Crippen molar-refractivity contribution in [3.05, 3.63) is 29.5 Å². The van der Waals surface area contributed by atoms with Gasteiger partial charge in [0.2, 0.25) is 5.28 Å². The molecule has 1 heterocycles. The normalized spacial score (nSPS) is 10.3. The van der Waals surface area contributed by atoms with Crippen LogP contribution in [0.5, 0.6) is 17.8 Å². The molecule has 0 saturated heterocycles. The molecule has 0 fully saturated rings. The molecule has 1 aromatic carbocycles. The van der Waals surface area contributed by atoms with Crippen molar-refractivity contribution in [2.75, 3.05) is 12.9 Å². The molecule has 0 aliphatic rings. The molecule has 0 atom stereocenters. The molecule has 0 saturated carbocycles. The topological polar surface area (TPSA) is 57.1 Å². The lowest BCUT2D eigenvalue weighted by molar-refractivity contribution is 0.303. The van der Waals surface area contributed by atoms with E-state index < -0.39 is 0 Å². The minimum atomic E-state index is 0.0363. The second-order valence-corrected chi connectivity index (χ2v) is 4.60. The predicted molar refractivity (Wildman–Crippen MR) is 74.3 cm³/mol. The Bertz CT molecular complexity index is 551. The van der Waals surface area contributed by atoms with Crippen LogP contribution in [0.25, 0.3) is 0 Å². The lowest BCUT2D eigenvalue weighted by Gasteiger charge is -2.06. The summed E-state index contributed by atoms with van der Waals surface area (Å²) in [7, 11) is 0. The zero-order chi connectivity index (χ0) is 13.7. The average molecular weight is 298 g/mol. The number of ether oxygens (including phenoxy) is 2. The second kappa shape index (κ2) is 6.58. The largest absolute Gasteiger partial charge is 0.464 e. The van der Waals surface area contributed by atoms with Crippen LogP contribution in [0.3, 0.4) is 0 Å². The van der Waals surface area contributed by atoms with Crippen LogP contribution in [0.15, 0.2) is 29.2 Å². The zero-order valence-electron chi connectivity index (χ0n) is 10.5. The van der Waals surface area contributed by atoms with Crippen LogP contribution in [0.4, 0.5) is 0 Å². The maximum absolute atomic E-state index is 5.77. The van der Waals surface area contributed by atoms with Gasteiger partial charge in [0, 0.05) is 4.90 Å². The van der Waals surface area contributed by atoms with Gasteiger partial charge >= 0.3 is 12.0 Å². The lowest BCUT2D eigenvalue weighted by Crippen LogP contribution is -2.01. The number of halogens is 1. The van der Waals surface area contributed by atoms with Crippen LogP contribution in [-0.2, 0) is 0 Å². The number of hydrogen-bond acceptors (Lipinski definition) is 6. The predicted octanol–water partition coefficient (Wildman–Crippen LogP) is 3.44. The van der Waals surface area contributed by atoms with E-state index in [0.29, 0.717) is 12.4 Å². The van der Waals surface area contributed by atoms with Crippen molar-refractivity contribution in [1.82, 2.24) is 15.0 Å². The van der Waals surface area contributed by atoms with Crippen molar-refractivity contribution in [3.63, 3.8) is 0 Å². The summed E-state index contributed by atoms with van der Waals surface area (Å²) in [5.41, 5.74) is 0. The molecule has 0 amide bonds. The van der Waals surface area contributed by atoms with Gasteiger partial charge in [0.1, 0.15) is 5.75 Å². The molecule has 0 aliphatic heterocycles. The van der Waals surface area contributed by atoms with E-state index in [-0.39, 0.29) is 17.3 Å². The van der Waals surface area contributed by atoms with Gasteiger partial charge in [-0.2, -0.15) is 9.97 Å². The van der Waals surface area contributed by atoms with Crippen LogP contribution < -0.4 is 9.47 Å². The summed E-state index contributed by atoms with van der Waals surface area (Å²) >= 11 is 7.43. The lowest BCUT2D eigenvalue weighted by atomic mass is 10.3. The number of rotatable bonds is 5. The van der Waals surface area contributed by atoms with E-state index in [0.717, 1.165) is 4.90 Å². The Morgan fingerprint density at radius 1 is 1.11 bits per heavy atom. The highest BCUT2D eigenvalue weighted by molar-refractivity contribution is 7.98. The van der Waals surface area contributed by atoms with Gasteiger partial charge in [-0.1, -0.05) is 0 Å². The summed E-state index contributed by atoms with van der Waals surface area (Å²) in [4.78, 5) is 12.9. The molecule has 0 spiro atoms. The van der Waals surface area contributed by atoms with Crippen LogP contribution >= 0.6 is 23.4 Å². The summed E-state index contributed by atoms with van der Waals surface area (Å²) in [6.45, 7) is 2.28. The SMILES string of the molecule is CCOc1nc(Cl)nc(Oc2ccc(SC)cc2)n1. The molecular formula is C12H12ClN3O2S. The van der Waals surface area contributed by atoms with Crippen LogP contribution in [-0.4, -0.2) is 27.8 Å². The molecule has 5 nitrogen and oxygen atoms in total. The third-order valence-electron chi connectivity index (χ3n) is 2.11. The summed E-state index contributed by atoms with van der Waals surface area (Å²) in [6.07, 6.45) is 2.01. The van der Waals surface area contributed by atoms with Gasteiger partial charge in [-0.25, -0.2) is 0 Å². The Hall–Kier alpha value is -1.53.